The average molecular weight is 553 g/mol. The first-order valence-electron chi connectivity index (χ1n) is 12.2. The van der Waals surface area contributed by atoms with Gasteiger partial charge in [-0.2, -0.15) is 13.2 Å². The zero-order chi connectivity index (χ0) is 27.4. The largest absolute Gasteiger partial charge is 0.484 e. The number of anilines is 1. The molecule has 1 atom stereocenters. The molecule has 8 nitrogen and oxygen atoms in total. The molecule has 2 aliphatic heterocycles. The van der Waals surface area contributed by atoms with Crippen molar-refractivity contribution in [3.63, 3.8) is 0 Å². The van der Waals surface area contributed by atoms with E-state index in [1.54, 1.807) is 41.0 Å². The van der Waals surface area contributed by atoms with Gasteiger partial charge in [-0.15, -0.1) is 0 Å². The van der Waals surface area contributed by atoms with Crippen molar-refractivity contribution in [1.29, 1.82) is 0 Å². The number of para-hydroxylation sites is 1. The number of urea groups is 1. The van der Waals surface area contributed by atoms with Crippen LogP contribution in [0.15, 0.2) is 42.5 Å². The maximum absolute atomic E-state index is 13.6. The van der Waals surface area contributed by atoms with Crippen LogP contribution in [0.5, 0.6) is 5.75 Å². The van der Waals surface area contributed by atoms with Gasteiger partial charge in [0, 0.05) is 37.9 Å². The highest BCUT2D eigenvalue weighted by Gasteiger charge is 2.33. The summed E-state index contributed by atoms with van der Waals surface area (Å²) < 4.78 is 42.2. The van der Waals surface area contributed by atoms with Crippen molar-refractivity contribution in [2.75, 3.05) is 37.7 Å². The van der Waals surface area contributed by atoms with Crippen molar-refractivity contribution in [3.05, 3.63) is 58.6 Å². The van der Waals surface area contributed by atoms with Crippen molar-refractivity contribution in [2.45, 2.75) is 38.5 Å². The molecule has 1 saturated heterocycles. The summed E-state index contributed by atoms with van der Waals surface area (Å²) in [5, 5.41) is 2.65. The summed E-state index contributed by atoms with van der Waals surface area (Å²) in [6.45, 7) is 1.94. The molecule has 0 bridgehead atoms. The van der Waals surface area contributed by atoms with Crippen molar-refractivity contribution in [3.8, 4) is 5.75 Å². The quantitative estimate of drug-likeness (QED) is 0.594. The summed E-state index contributed by atoms with van der Waals surface area (Å²) >= 11 is 6.28. The number of fused-ring (bicyclic) bond motifs is 1. The number of benzene rings is 2. The highest BCUT2D eigenvalue weighted by atomic mass is 35.5. The molecule has 2 aromatic carbocycles. The van der Waals surface area contributed by atoms with E-state index in [2.05, 4.69) is 5.32 Å². The van der Waals surface area contributed by atoms with E-state index >= 15 is 0 Å². The Morgan fingerprint density at radius 3 is 2.50 bits per heavy atom. The van der Waals surface area contributed by atoms with Gasteiger partial charge in [0.25, 0.3) is 5.91 Å². The Labute approximate surface area is 223 Å². The van der Waals surface area contributed by atoms with Crippen LogP contribution in [0.1, 0.15) is 35.7 Å². The highest BCUT2D eigenvalue weighted by molar-refractivity contribution is 6.34. The Hall–Kier alpha value is -3.47. The normalized spacial score (nSPS) is 17.6. The van der Waals surface area contributed by atoms with Crippen LogP contribution in [0.2, 0.25) is 5.02 Å². The number of carbonyl (C=O) groups is 3. The SMILES string of the molecule is C[C@@H]1CN(C(=O)c2ccc(OCC(F)(F)F)cc2Cl)c2ccccc2CN1C(=O)NCC(=O)N1CCCC1. The smallest absolute Gasteiger partial charge is 0.422 e. The van der Waals surface area contributed by atoms with E-state index in [-0.39, 0.29) is 41.9 Å². The molecule has 1 N–H and O–H groups in total. The number of alkyl halides is 3. The lowest BCUT2D eigenvalue weighted by molar-refractivity contribution is -0.153. The van der Waals surface area contributed by atoms with Crippen LogP contribution in [-0.2, 0) is 11.3 Å². The fraction of sp³-hybridized carbons (Fsp3) is 0.423. The van der Waals surface area contributed by atoms with E-state index in [1.807, 2.05) is 0 Å². The Bertz CT molecular complexity index is 1200. The van der Waals surface area contributed by atoms with Crippen LogP contribution < -0.4 is 15.0 Å². The van der Waals surface area contributed by atoms with E-state index in [9.17, 15) is 27.6 Å². The summed E-state index contributed by atoms with van der Waals surface area (Å²) in [5.41, 5.74) is 1.39. The van der Waals surface area contributed by atoms with Gasteiger partial charge in [0.1, 0.15) is 5.75 Å². The molecule has 0 aromatic heterocycles. The van der Waals surface area contributed by atoms with Gasteiger partial charge in [-0.3, -0.25) is 9.59 Å². The van der Waals surface area contributed by atoms with Crippen molar-refractivity contribution < 1.29 is 32.3 Å². The molecular weight excluding hydrogens is 525 g/mol. The second-order valence-corrected chi connectivity index (χ2v) is 9.72. The maximum Gasteiger partial charge on any atom is 0.422 e. The number of halogens is 4. The fourth-order valence-corrected chi connectivity index (χ4v) is 4.82. The summed E-state index contributed by atoms with van der Waals surface area (Å²) in [7, 11) is 0. The first-order valence-corrected chi connectivity index (χ1v) is 12.6. The minimum atomic E-state index is -4.51. The maximum atomic E-state index is 13.6. The lowest BCUT2D eigenvalue weighted by atomic mass is 10.1. The zero-order valence-electron chi connectivity index (χ0n) is 20.8. The summed E-state index contributed by atoms with van der Waals surface area (Å²) in [6, 6.07) is 10.0. The van der Waals surface area contributed by atoms with Gasteiger partial charge in [0.15, 0.2) is 6.61 Å². The van der Waals surface area contributed by atoms with Crippen molar-refractivity contribution in [1.82, 2.24) is 15.1 Å². The second-order valence-electron chi connectivity index (χ2n) is 9.31. The van der Waals surface area contributed by atoms with Gasteiger partial charge in [-0.05, 0) is 49.6 Å². The molecule has 2 aliphatic rings. The Balaban J connectivity index is 1.51. The van der Waals surface area contributed by atoms with Crippen LogP contribution in [0.25, 0.3) is 0 Å². The Morgan fingerprint density at radius 1 is 1.11 bits per heavy atom. The van der Waals surface area contributed by atoms with Crippen LogP contribution in [0, 0.1) is 0 Å². The number of ether oxygens (including phenoxy) is 1. The number of nitrogens with zero attached hydrogens (tertiary/aromatic N) is 3. The third kappa shape index (κ3) is 6.50. The molecule has 4 rings (SSSR count). The minimum Gasteiger partial charge on any atom is -0.484 e. The molecule has 38 heavy (non-hydrogen) atoms. The molecule has 0 saturated carbocycles. The fourth-order valence-electron chi connectivity index (χ4n) is 4.57. The van der Waals surface area contributed by atoms with Gasteiger partial charge in [-0.25, -0.2) is 4.79 Å². The Kier molecular flexibility index (Phi) is 8.35. The summed E-state index contributed by atoms with van der Waals surface area (Å²) in [6.07, 6.45) is -2.60. The van der Waals surface area contributed by atoms with Crippen LogP contribution in [-0.4, -0.2) is 72.6 Å². The van der Waals surface area contributed by atoms with Gasteiger partial charge in [0.2, 0.25) is 5.91 Å². The monoisotopic (exact) mass is 552 g/mol. The number of likely N-dealkylation sites (tertiary alicyclic amines) is 1. The Morgan fingerprint density at radius 2 is 1.82 bits per heavy atom. The van der Waals surface area contributed by atoms with Gasteiger partial charge in [0.05, 0.1) is 17.1 Å². The molecule has 204 valence electrons. The molecular formula is C26H28ClF3N4O4. The third-order valence-electron chi connectivity index (χ3n) is 6.53. The standard InChI is InChI=1S/C26H28ClF3N4O4/c1-17-14-34(24(36)20-9-8-19(12-21(20)27)38-16-26(28,29)30)22-7-3-2-6-18(22)15-33(17)25(37)31-13-23(35)32-10-4-5-11-32/h2-3,6-9,12,17H,4-5,10-11,13-16H2,1H3,(H,31,37)/t17-/m1/s1. The van der Waals surface area contributed by atoms with Crippen molar-refractivity contribution >= 4 is 35.1 Å². The van der Waals surface area contributed by atoms with Crippen LogP contribution in [0.3, 0.4) is 0 Å². The number of carbonyl (C=O) groups excluding carboxylic acids is 3. The molecule has 4 amide bonds. The first kappa shape index (κ1) is 27.6. The van der Waals surface area contributed by atoms with Gasteiger partial charge >= 0.3 is 12.2 Å². The summed E-state index contributed by atoms with van der Waals surface area (Å²) in [4.78, 5) is 43.9. The lowest BCUT2D eigenvalue weighted by Crippen LogP contribution is -2.50. The topological polar surface area (TPSA) is 82.2 Å². The van der Waals surface area contributed by atoms with Crippen molar-refractivity contribution in [2.24, 2.45) is 0 Å². The van der Waals surface area contributed by atoms with Crippen LogP contribution in [0.4, 0.5) is 23.7 Å². The molecule has 12 heteroatoms. The minimum absolute atomic E-state index is 0.0564. The lowest BCUT2D eigenvalue weighted by Gasteiger charge is -2.29. The molecule has 0 radical (unpaired) electrons. The van der Waals surface area contributed by atoms with Gasteiger partial charge in [-0.1, -0.05) is 29.8 Å². The number of amides is 4. The molecule has 0 unspecified atom stereocenters. The van der Waals surface area contributed by atoms with E-state index < -0.39 is 30.8 Å². The predicted molar refractivity (Wildman–Crippen MR) is 135 cm³/mol. The average Bonchev–Trinajstić information content (AvgIpc) is 3.37. The number of rotatable bonds is 5. The molecule has 2 heterocycles. The third-order valence-corrected chi connectivity index (χ3v) is 6.84. The summed E-state index contributed by atoms with van der Waals surface area (Å²) in [5.74, 6) is -0.712. The highest BCUT2D eigenvalue weighted by Crippen LogP contribution is 2.31. The number of hydrogen-bond acceptors (Lipinski definition) is 4. The molecule has 0 aliphatic carbocycles. The predicted octanol–water partition coefficient (Wildman–Crippen LogP) is 4.46. The van der Waals surface area contributed by atoms with E-state index in [1.165, 1.54) is 23.1 Å². The van der Waals surface area contributed by atoms with Gasteiger partial charge < -0.3 is 24.8 Å². The van der Waals surface area contributed by atoms with E-state index in [0.29, 0.717) is 24.3 Å². The molecule has 0 spiro atoms. The number of nitrogens with one attached hydrogen (secondary N) is 1. The van der Waals surface area contributed by atoms with E-state index in [0.717, 1.165) is 12.8 Å². The van der Waals surface area contributed by atoms with Crippen LogP contribution >= 0.6 is 11.6 Å². The second kappa shape index (κ2) is 11.5. The molecule has 1 fully saturated rings. The van der Waals surface area contributed by atoms with E-state index in [4.69, 9.17) is 16.3 Å². The zero-order valence-corrected chi connectivity index (χ0v) is 21.5. The number of hydrogen-bond donors (Lipinski definition) is 1. The first-order chi connectivity index (χ1) is 18.0. The molecule has 2 aromatic rings.